The lowest BCUT2D eigenvalue weighted by Gasteiger charge is -2.27. The van der Waals surface area contributed by atoms with Gasteiger partial charge >= 0.3 is 0 Å². The standard InChI is InChI=1S/C14H22N4O/c1-15-10-13-14(19)18(9-5-8-17(13)2)11-12-6-3-4-7-16-12/h3-4,6-7,13,15H,5,8-11H2,1-2H3. The lowest BCUT2D eigenvalue weighted by atomic mass is 10.2. The molecule has 1 aliphatic heterocycles. The van der Waals surface area contributed by atoms with Crippen molar-refractivity contribution >= 4 is 5.91 Å². The van der Waals surface area contributed by atoms with Crippen molar-refractivity contribution in [3.8, 4) is 0 Å². The third-order valence-corrected chi connectivity index (χ3v) is 3.54. The van der Waals surface area contributed by atoms with Crippen molar-refractivity contribution in [2.45, 2.75) is 19.0 Å². The van der Waals surface area contributed by atoms with Crippen LogP contribution in [-0.2, 0) is 11.3 Å². The van der Waals surface area contributed by atoms with Gasteiger partial charge in [0.15, 0.2) is 0 Å². The fourth-order valence-electron chi connectivity index (χ4n) is 2.46. The van der Waals surface area contributed by atoms with E-state index in [-0.39, 0.29) is 11.9 Å². The third kappa shape index (κ3) is 3.52. The molecule has 1 saturated heterocycles. The van der Waals surface area contributed by atoms with Crippen molar-refractivity contribution in [3.05, 3.63) is 30.1 Å². The molecule has 5 heteroatoms. The van der Waals surface area contributed by atoms with Crippen molar-refractivity contribution in [2.24, 2.45) is 0 Å². The van der Waals surface area contributed by atoms with Crippen LogP contribution in [0.4, 0.5) is 0 Å². The van der Waals surface area contributed by atoms with Crippen LogP contribution in [-0.4, -0.2) is 60.5 Å². The summed E-state index contributed by atoms with van der Waals surface area (Å²) in [6.45, 7) is 3.05. The molecule has 1 amide bonds. The number of aromatic nitrogens is 1. The van der Waals surface area contributed by atoms with E-state index in [1.54, 1.807) is 6.20 Å². The van der Waals surface area contributed by atoms with E-state index in [2.05, 4.69) is 15.2 Å². The molecule has 0 bridgehead atoms. The van der Waals surface area contributed by atoms with Gasteiger partial charge in [-0.1, -0.05) is 6.07 Å². The van der Waals surface area contributed by atoms with Crippen molar-refractivity contribution in [1.82, 2.24) is 20.1 Å². The molecule has 104 valence electrons. The van der Waals surface area contributed by atoms with E-state index in [0.29, 0.717) is 13.1 Å². The summed E-state index contributed by atoms with van der Waals surface area (Å²) in [7, 11) is 3.90. The first-order valence-corrected chi connectivity index (χ1v) is 6.76. The highest BCUT2D eigenvalue weighted by atomic mass is 16.2. The van der Waals surface area contributed by atoms with Crippen LogP contribution in [0.3, 0.4) is 0 Å². The average Bonchev–Trinajstić information content (AvgIpc) is 2.55. The largest absolute Gasteiger partial charge is 0.335 e. The van der Waals surface area contributed by atoms with Crippen molar-refractivity contribution in [2.75, 3.05) is 33.7 Å². The summed E-state index contributed by atoms with van der Waals surface area (Å²) in [6.07, 6.45) is 2.78. The molecule has 1 aromatic rings. The molecule has 1 aliphatic rings. The first-order chi connectivity index (χ1) is 9.22. The van der Waals surface area contributed by atoms with Crippen LogP contribution in [0.5, 0.6) is 0 Å². The van der Waals surface area contributed by atoms with Crippen LogP contribution in [0, 0.1) is 0 Å². The van der Waals surface area contributed by atoms with Gasteiger partial charge in [-0.25, -0.2) is 0 Å². The van der Waals surface area contributed by atoms with Gasteiger partial charge in [0.05, 0.1) is 12.2 Å². The number of pyridine rings is 1. The predicted octanol–water partition coefficient (Wildman–Crippen LogP) is 0.334. The van der Waals surface area contributed by atoms with Gasteiger partial charge in [-0.2, -0.15) is 0 Å². The Kier molecular flexibility index (Phi) is 4.87. The third-order valence-electron chi connectivity index (χ3n) is 3.54. The number of hydrogen-bond acceptors (Lipinski definition) is 4. The SMILES string of the molecule is CNCC1C(=O)N(Cc2ccccn2)CCCN1C. The molecule has 5 nitrogen and oxygen atoms in total. The zero-order valence-corrected chi connectivity index (χ0v) is 11.7. The van der Waals surface area contributed by atoms with Gasteiger partial charge in [-0.05, 0) is 32.6 Å². The van der Waals surface area contributed by atoms with Gasteiger partial charge in [0.2, 0.25) is 5.91 Å². The summed E-state index contributed by atoms with van der Waals surface area (Å²) in [4.78, 5) is 20.9. The molecular formula is C14H22N4O. The molecule has 0 radical (unpaired) electrons. The summed E-state index contributed by atoms with van der Waals surface area (Å²) in [5.41, 5.74) is 0.948. The number of likely N-dealkylation sites (N-methyl/N-ethyl adjacent to an activating group) is 2. The van der Waals surface area contributed by atoms with E-state index in [1.807, 2.05) is 37.2 Å². The van der Waals surface area contributed by atoms with Gasteiger partial charge < -0.3 is 10.2 Å². The van der Waals surface area contributed by atoms with Crippen molar-refractivity contribution in [3.63, 3.8) is 0 Å². The molecule has 1 fully saturated rings. The quantitative estimate of drug-likeness (QED) is 0.850. The topological polar surface area (TPSA) is 48.5 Å². The molecule has 19 heavy (non-hydrogen) atoms. The minimum Gasteiger partial charge on any atom is -0.335 e. The first kappa shape index (κ1) is 14.0. The lowest BCUT2D eigenvalue weighted by Crippen LogP contribution is -2.49. The summed E-state index contributed by atoms with van der Waals surface area (Å²) in [5.74, 6) is 0.194. The van der Waals surface area contributed by atoms with Crippen molar-refractivity contribution < 1.29 is 4.79 Å². The minimum atomic E-state index is -0.0730. The Morgan fingerprint density at radius 3 is 2.95 bits per heavy atom. The number of rotatable bonds is 4. The van der Waals surface area contributed by atoms with Crippen LogP contribution in [0.25, 0.3) is 0 Å². The fraction of sp³-hybridized carbons (Fsp3) is 0.571. The summed E-state index contributed by atoms with van der Waals surface area (Å²) >= 11 is 0. The van der Waals surface area contributed by atoms with Crippen molar-refractivity contribution in [1.29, 1.82) is 0 Å². The molecular weight excluding hydrogens is 240 g/mol. The van der Waals surface area contributed by atoms with Crippen LogP contribution < -0.4 is 5.32 Å². The van der Waals surface area contributed by atoms with Crippen LogP contribution in [0.2, 0.25) is 0 Å². The number of amides is 1. The maximum absolute atomic E-state index is 12.6. The zero-order chi connectivity index (χ0) is 13.7. The number of hydrogen-bond donors (Lipinski definition) is 1. The monoisotopic (exact) mass is 262 g/mol. The molecule has 0 aliphatic carbocycles. The fourth-order valence-corrected chi connectivity index (χ4v) is 2.46. The highest BCUT2D eigenvalue weighted by molar-refractivity contribution is 5.82. The molecule has 2 rings (SSSR count). The number of nitrogens with one attached hydrogen (secondary N) is 1. The van der Waals surface area contributed by atoms with E-state index < -0.39 is 0 Å². The molecule has 1 N–H and O–H groups in total. The van der Waals surface area contributed by atoms with Crippen LogP contribution >= 0.6 is 0 Å². The smallest absolute Gasteiger partial charge is 0.241 e. The Morgan fingerprint density at radius 1 is 1.42 bits per heavy atom. The molecule has 0 aromatic carbocycles. The van der Waals surface area contributed by atoms with Gasteiger partial charge in [-0.15, -0.1) is 0 Å². The normalized spacial score (nSPS) is 21.5. The Labute approximate surface area is 114 Å². The summed E-state index contributed by atoms with van der Waals surface area (Å²) in [5, 5.41) is 3.11. The Hall–Kier alpha value is -1.46. The number of carbonyl (C=O) groups excluding carboxylic acids is 1. The molecule has 1 unspecified atom stereocenters. The molecule has 1 aromatic heterocycles. The highest BCUT2D eigenvalue weighted by Crippen LogP contribution is 2.12. The van der Waals surface area contributed by atoms with E-state index in [1.165, 1.54) is 0 Å². The van der Waals surface area contributed by atoms with E-state index in [0.717, 1.165) is 25.2 Å². The second-order valence-electron chi connectivity index (χ2n) is 4.99. The second-order valence-corrected chi connectivity index (χ2v) is 4.99. The molecule has 0 saturated carbocycles. The number of carbonyl (C=O) groups is 1. The average molecular weight is 262 g/mol. The van der Waals surface area contributed by atoms with E-state index in [4.69, 9.17) is 0 Å². The summed E-state index contributed by atoms with van der Waals surface area (Å²) in [6, 6.07) is 5.75. The maximum atomic E-state index is 12.6. The Morgan fingerprint density at radius 2 is 2.26 bits per heavy atom. The van der Waals surface area contributed by atoms with Gasteiger partial charge in [0, 0.05) is 25.8 Å². The summed E-state index contributed by atoms with van der Waals surface area (Å²) < 4.78 is 0. The van der Waals surface area contributed by atoms with Crippen LogP contribution in [0.1, 0.15) is 12.1 Å². The Bertz CT molecular complexity index is 409. The Balaban J connectivity index is 2.09. The van der Waals surface area contributed by atoms with E-state index >= 15 is 0 Å². The predicted molar refractivity (Wildman–Crippen MR) is 74.6 cm³/mol. The van der Waals surface area contributed by atoms with Gasteiger partial charge in [0.25, 0.3) is 0 Å². The number of nitrogens with zero attached hydrogens (tertiary/aromatic N) is 3. The first-order valence-electron chi connectivity index (χ1n) is 6.76. The van der Waals surface area contributed by atoms with Gasteiger partial charge in [-0.3, -0.25) is 14.7 Å². The lowest BCUT2D eigenvalue weighted by molar-refractivity contribution is -0.135. The maximum Gasteiger partial charge on any atom is 0.241 e. The zero-order valence-electron chi connectivity index (χ0n) is 11.7. The highest BCUT2D eigenvalue weighted by Gasteiger charge is 2.30. The van der Waals surface area contributed by atoms with Crippen LogP contribution in [0.15, 0.2) is 24.4 Å². The second kappa shape index (κ2) is 6.63. The van der Waals surface area contributed by atoms with E-state index in [9.17, 15) is 4.79 Å². The minimum absolute atomic E-state index is 0.0730. The molecule has 0 spiro atoms. The molecule has 1 atom stereocenters. The van der Waals surface area contributed by atoms with Gasteiger partial charge in [0.1, 0.15) is 6.04 Å². The molecule has 2 heterocycles.